The number of alkyl halides is 5. The maximum Gasteiger partial charge on any atom is 0.463 e. The fourth-order valence-corrected chi connectivity index (χ4v) is 2.08. The molecule has 3 unspecified atom stereocenters. The zero-order valence-electron chi connectivity index (χ0n) is 10.2. The highest BCUT2D eigenvalue weighted by Gasteiger charge is 2.63. The van der Waals surface area contributed by atoms with Crippen LogP contribution < -0.4 is 5.32 Å². The van der Waals surface area contributed by atoms with Gasteiger partial charge in [-0.15, -0.1) is 0 Å². The van der Waals surface area contributed by atoms with Gasteiger partial charge < -0.3 is 5.32 Å². The molecule has 106 valence electrons. The van der Waals surface area contributed by atoms with Gasteiger partial charge in [-0.25, -0.2) is 0 Å². The van der Waals surface area contributed by atoms with Gasteiger partial charge in [0.15, 0.2) is 0 Å². The van der Waals surface area contributed by atoms with E-state index in [1.54, 1.807) is 0 Å². The van der Waals surface area contributed by atoms with Crippen molar-refractivity contribution < 1.29 is 26.7 Å². The molecule has 1 aliphatic rings. The molecule has 0 aromatic carbocycles. The van der Waals surface area contributed by atoms with Crippen molar-refractivity contribution in [2.45, 2.75) is 51.3 Å². The standard InChI is InChI=1S/C11H16F5NO/c1-6-3-4-8(5-7(6)2)17-9(18)10(12,13)11(14,15)16/h6-8H,3-5H2,1-2H3,(H,17,18). The lowest BCUT2D eigenvalue weighted by atomic mass is 9.79. The van der Waals surface area contributed by atoms with E-state index in [-0.39, 0.29) is 5.92 Å². The summed E-state index contributed by atoms with van der Waals surface area (Å²) >= 11 is 0. The van der Waals surface area contributed by atoms with Crippen LogP contribution in [-0.4, -0.2) is 24.0 Å². The summed E-state index contributed by atoms with van der Waals surface area (Å²) in [6, 6.07) is -0.600. The Balaban J connectivity index is 2.61. The first kappa shape index (κ1) is 15.2. The van der Waals surface area contributed by atoms with Crippen LogP contribution in [0.5, 0.6) is 0 Å². The summed E-state index contributed by atoms with van der Waals surface area (Å²) in [6.45, 7) is 3.89. The number of carbonyl (C=O) groups is 1. The third kappa shape index (κ3) is 3.11. The minimum Gasteiger partial charge on any atom is -0.348 e. The highest BCUT2D eigenvalue weighted by Crippen LogP contribution is 2.36. The largest absolute Gasteiger partial charge is 0.463 e. The molecule has 0 radical (unpaired) electrons. The molecule has 1 aliphatic carbocycles. The normalized spacial score (nSPS) is 30.1. The Morgan fingerprint density at radius 3 is 2.06 bits per heavy atom. The van der Waals surface area contributed by atoms with E-state index < -0.39 is 24.0 Å². The molecule has 0 saturated heterocycles. The number of amides is 1. The SMILES string of the molecule is CC1CCC(NC(=O)C(F)(F)C(F)(F)F)CC1C. The summed E-state index contributed by atoms with van der Waals surface area (Å²) in [4.78, 5) is 11.0. The van der Waals surface area contributed by atoms with Gasteiger partial charge in [-0.3, -0.25) is 4.79 Å². The van der Waals surface area contributed by atoms with Gasteiger partial charge in [-0.2, -0.15) is 22.0 Å². The quantitative estimate of drug-likeness (QED) is 0.769. The monoisotopic (exact) mass is 273 g/mol. The van der Waals surface area contributed by atoms with Crippen molar-refractivity contribution in [1.82, 2.24) is 5.32 Å². The third-order valence-corrected chi connectivity index (χ3v) is 3.57. The van der Waals surface area contributed by atoms with Crippen LogP contribution in [0.3, 0.4) is 0 Å². The minimum atomic E-state index is -5.84. The molecule has 1 fully saturated rings. The first-order valence-electron chi connectivity index (χ1n) is 5.81. The molecule has 0 aromatic heterocycles. The first-order chi connectivity index (χ1) is 8.05. The molecule has 2 nitrogen and oxygen atoms in total. The number of halogens is 5. The number of hydrogen-bond donors (Lipinski definition) is 1. The molecule has 1 rings (SSSR count). The van der Waals surface area contributed by atoms with Crippen molar-refractivity contribution >= 4 is 5.91 Å². The number of rotatable bonds is 2. The molecule has 0 bridgehead atoms. The maximum atomic E-state index is 12.7. The van der Waals surface area contributed by atoms with Crippen LogP contribution in [0.4, 0.5) is 22.0 Å². The lowest BCUT2D eigenvalue weighted by Gasteiger charge is -2.33. The van der Waals surface area contributed by atoms with Crippen LogP contribution in [0.1, 0.15) is 33.1 Å². The summed E-state index contributed by atoms with van der Waals surface area (Å²) in [5.74, 6) is -6.98. The summed E-state index contributed by atoms with van der Waals surface area (Å²) < 4.78 is 61.3. The van der Waals surface area contributed by atoms with Crippen LogP contribution >= 0.6 is 0 Å². The van der Waals surface area contributed by atoms with Gasteiger partial charge in [-0.05, 0) is 31.1 Å². The smallest absolute Gasteiger partial charge is 0.348 e. The molecule has 0 aromatic rings. The maximum absolute atomic E-state index is 12.7. The minimum absolute atomic E-state index is 0.198. The van der Waals surface area contributed by atoms with Crippen LogP contribution in [-0.2, 0) is 4.79 Å². The van der Waals surface area contributed by atoms with Crippen LogP contribution in [0.2, 0.25) is 0 Å². The van der Waals surface area contributed by atoms with Gasteiger partial charge in [0.1, 0.15) is 0 Å². The van der Waals surface area contributed by atoms with Crippen molar-refractivity contribution in [1.29, 1.82) is 0 Å². The van der Waals surface area contributed by atoms with E-state index in [2.05, 4.69) is 0 Å². The fraction of sp³-hybridized carbons (Fsp3) is 0.909. The van der Waals surface area contributed by atoms with Crippen LogP contribution in [0.15, 0.2) is 0 Å². The van der Waals surface area contributed by atoms with Crippen molar-refractivity contribution in [3.05, 3.63) is 0 Å². The average molecular weight is 273 g/mol. The molecule has 1 amide bonds. The molecule has 0 aliphatic heterocycles. The van der Waals surface area contributed by atoms with E-state index >= 15 is 0 Å². The lowest BCUT2D eigenvalue weighted by Crippen LogP contribution is -2.53. The van der Waals surface area contributed by atoms with Gasteiger partial charge in [-0.1, -0.05) is 13.8 Å². The molecular formula is C11H16F5NO. The zero-order chi connectivity index (χ0) is 14.1. The van der Waals surface area contributed by atoms with E-state index in [4.69, 9.17) is 0 Å². The Kier molecular flexibility index (Phi) is 4.23. The molecule has 1 N–H and O–H groups in total. The number of hydrogen-bond acceptors (Lipinski definition) is 1. The van der Waals surface area contributed by atoms with E-state index in [1.165, 1.54) is 0 Å². The van der Waals surface area contributed by atoms with Crippen molar-refractivity contribution in [3.63, 3.8) is 0 Å². The molecule has 18 heavy (non-hydrogen) atoms. The summed E-state index contributed by atoms with van der Waals surface area (Å²) in [5, 5.41) is 1.81. The van der Waals surface area contributed by atoms with E-state index in [0.29, 0.717) is 25.2 Å². The van der Waals surface area contributed by atoms with E-state index in [9.17, 15) is 26.7 Å². The Morgan fingerprint density at radius 1 is 1.06 bits per heavy atom. The summed E-state index contributed by atoms with van der Waals surface area (Å²) in [6.07, 6.45) is -4.26. The summed E-state index contributed by atoms with van der Waals surface area (Å²) in [7, 11) is 0. The van der Waals surface area contributed by atoms with Gasteiger partial charge in [0.2, 0.25) is 0 Å². The predicted molar refractivity (Wildman–Crippen MR) is 55.1 cm³/mol. The fourth-order valence-electron chi connectivity index (χ4n) is 2.08. The van der Waals surface area contributed by atoms with Gasteiger partial charge in [0.25, 0.3) is 0 Å². The van der Waals surface area contributed by atoms with Crippen molar-refractivity contribution in [3.8, 4) is 0 Å². The second kappa shape index (κ2) is 5.01. The molecule has 0 heterocycles. The molecule has 1 saturated carbocycles. The Bertz CT molecular complexity index is 315. The zero-order valence-corrected chi connectivity index (χ0v) is 10.2. The molecule has 3 atom stereocenters. The second-order valence-electron chi connectivity index (χ2n) is 5.01. The summed E-state index contributed by atoms with van der Waals surface area (Å²) in [5.41, 5.74) is 0. The van der Waals surface area contributed by atoms with Gasteiger partial charge in [0, 0.05) is 6.04 Å². The highest BCUT2D eigenvalue weighted by molar-refractivity contribution is 5.84. The van der Waals surface area contributed by atoms with Crippen molar-refractivity contribution in [2.75, 3.05) is 0 Å². The molecule has 0 spiro atoms. The molecule has 7 heteroatoms. The first-order valence-corrected chi connectivity index (χ1v) is 5.81. The second-order valence-corrected chi connectivity index (χ2v) is 5.01. The van der Waals surface area contributed by atoms with Gasteiger partial charge >= 0.3 is 18.0 Å². The Hall–Kier alpha value is -0.880. The lowest BCUT2D eigenvalue weighted by molar-refractivity contribution is -0.270. The topological polar surface area (TPSA) is 29.1 Å². The van der Waals surface area contributed by atoms with E-state index in [1.807, 2.05) is 19.2 Å². The Labute approximate surface area is 102 Å². The Morgan fingerprint density at radius 2 is 1.61 bits per heavy atom. The predicted octanol–water partition coefficient (Wildman–Crippen LogP) is 3.12. The third-order valence-electron chi connectivity index (χ3n) is 3.57. The average Bonchev–Trinajstić information content (AvgIpc) is 2.21. The van der Waals surface area contributed by atoms with Gasteiger partial charge in [0.05, 0.1) is 0 Å². The molecular weight excluding hydrogens is 257 g/mol. The number of nitrogens with one attached hydrogen (secondary N) is 1. The van der Waals surface area contributed by atoms with Crippen molar-refractivity contribution in [2.24, 2.45) is 11.8 Å². The van der Waals surface area contributed by atoms with Crippen LogP contribution in [0, 0.1) is 11.8 Å². The van der Waals surface area contributed by atoms with Crippen LogP contribution in [0.25, 0.3) is 0 Å². The highest BCUT2D eigenvalue weighted by atomic mass is 19.4. The number of carbonyl (C=O) groups excluding carboxylic acids is 1. The van der Waals surface area contributed by atoms with E-state index in [0.717, 1.165) is 0 Å².